The molecule has 0 saturated carbocycles. The van der Waals surface area contributed by atoms with Crippen molar-refractivity contribution >= 4 is 28.9 Å². The van der Waals surface area contributed by atoms with Crippen molar-refractivity contribution in [2.24, 2.45) is 0 Å². The minimum absolute atomic E-state index is 0.00363. The van der Waals surface area contributed by atoms with Crippen LogP contribution in [-0.4, -0.2) is 63.5 Å². The van der Waals surface area contributed by atoms with E-state index in [2.05, 4.69) is 0 Å². The van der Waals surface area contributed by atoms with Gasteiger partial charge in [0.15, 0.2) is 0 Å². The molecule has 0 aromatic heterocycles. The van der Waals surface area contributed by atoms with Crippen LogP contribution in [0.3, 0.4) is 0 Å². The zero-order valence-electron chi connectivity index (χ0n) is 17.1. The molecule has 7 heteroatoms. The minimum atomic E-state index is -0.254. The zero-order valence-corrected chi connectivity index (χ0v) is 17.1. The van der Waals surface area contributed by atoms with Crippen molar-refractivity contribution in [2.45, 2.75) is 6.92 Å². The molecule has 0 bridgehead atoms. The van der Waals surface area contributed by atoms with Crippen LogP contribution in [-0.2, 0) is 9.59 Å². The van der Waals surface area contributed by atoms with Crippen LogP contribution in [0.25, 0.3) is 0 Å². The van der Waals surface area contributed by atoms with Gasteiger partial charge < -0.3 is 19.6 Å². The molecule has 1 fully saturated rings. The van der Waals surface area contributed by atoms with E-state index in [1.807, 2.05) is 54.2 Å². The van der Waals surface area contributed by atoms with Gasteiger partial charge in [0.05, 0.1) is 5.69 Å². The van der Waals surface area contributed by atoms with Crippen LogP contribution in [0, 0.1) is 5.82 Å². The van der Waals surface area contributed by atoms with E-state index in [-0.39, 0.29) is 24.2 Å². The topological polar surface area (TPSA) is 47.1 Å². The van der Waals surface area contributed by atoms with Crippen molar-refractivity contribution in [3.05, 3.63) is 54.3 Å². The molecule has 0 atom stereocenters. The Labute approximate surface area is 171 Å². The lowest BCUT2D eigenvalue weighted by molar-refractivity contribution is -0.131. The van der Waals surface area contributed by atoms with Gasteiger partial charge in [0, 0.05) is 58.6 Å². The van der Waals surface area contributed by atoms with Gasteiger partial charge in [-0.1, -0.05) is 12.1 Å². The molecular weight excluding hydrogens is 371 g/mol. The average Bonchev–Trinajstić information content (AvgIpc) is 2.72. The van der Waals surface area contributed by atoms with Crippen LogP contribution >= 0.6 is 0 Å². The summed E-state index contributed by atoms with van der Waals surface area (Å²) in [6.07, 6.45) is 0. The summed E-state index contributed by atoms with van der Waals surface area (Å²) in [5, 5.41) is 0. The van der Waals surface area contributed by atoms with E-state index in [0.29, 0.717) is 37.6 Å². The van der Waals surface area contributed by atoms with Crippen molar-refractivity contribution in [3.63, 3.8) is 0 Å². The number of para-hydroxylation sites is 1. The summed E-state index contributed by atoms with van der Waals surface area (Å²) in [7, 11) is 3.89. The van der Waals surface area contributed by atoms with Crippen molar-refractivity contribution in [1.29, 1.82) is 0 Å². The van der Waals surface area contributed by atoms with Crippen molar-refractivity contribution < 1.29 is 14.0 Å². The fraction of sp³-hybridized carbons (Fsp3) is 0.364. The van der Waals surface area contributed by atoms with Crippen LogP contribution in [0.2, 0.25) is 0 Å². The number of hydrogen-bond donors (Lipinski definition) is 0. The summed E-state index contributed by atoms with van der Waals surface area (Å²) in [4.78, 5) is 32.1. The SMILES string of the molecule is CC(=O)N(CC(=O)N1CCN(c2ccccc2F)CC1)c1ccc(N(C)C)cc1. The van der Waals surface area contributed by atoms with Crippen molar-refractivity contribution in [1.82, 2.24) is 4.90 Å². The summed E-state index contributed by atoms with van der Waals surface area (Å²) in [5.41, 5.74) is 2.28. The molecule has 2 aromatic rings. The lowest BCUT2D eigenvalue weighted by atomic mass is 10.2. The van der Waals surface area contributed by atoms with Gasteiger partial charge >= 0.3 is 0 Å². The number of piperazine rings is 1. The highest BCUT2D eigenvalue weighted by Crippen LogP contribution is 2.22. The summed E-state index contributed by atoms with van der Waals surface area (Å²) in [6.45, 7) is 3.57. The smallest absolute Gasteiger partial charge is 0.242 e. The number of hydrogen-bond acceptors (Lipinski definition) is 4. The first-order valence-electron chi connectivity index (χ1n) is 9.69. The largest absolute Gasteiger partial charge is 0.378 e. The van der Waals surface area contributed by atoms with Crippen molar-refractivity contribution in [3.8, 4) is 0 Å². The molecule has 1 saturated heterocycles. The highest BCUT2D eigenvalue weighted by atomic mass is 19.1. The van der Waals surface area contributed by atoms with E-state index in [1.54, 1.807) is 17.0 Å². The number of benzene rings is 2. The van der Waals surface area contributed by atoms with Crippen molar-refractivity contribution in [2.75, 3.05) is 61.5 Å². The van der Waals surface area contributed by atoms with Gasteiger partial charge in [-0.2, -0.15) is 0 Å². The highest BCUT2D eigenvalue weighted by molar-refractivity contribution is 5.97. The fourth-order valence-corrected chi connectivity index (χ4v) is 3.46. The van der Waals surface area contributed by atoms with E-state index < -0.39 is 0 Å². The molecule has 2 aromatic carbocycles. The maximum Gasteiger partial charge on any atom is 0.242 e. The molecule has 1 aliphatic heterocycles. The van der Waals surface area contributed by atoms with E-state index in [9.17, 15) is 14.0 Å². The average molecular weight is 398 g/mol. The van der Waals surface area contributed by atoms with E-state index in [1.165, 1.54) is 17.9 Å². The van der Waals surface area contributed by atoms with Gasteiger partial charge in [0.25, 0.3) is 0 Å². The maximum atomic E-state index is 14.0. The quantitative estimate of drug-likeness (QED) is 0.777. The Hall–Kier alpha value is -3.09. The lowest BCUT2D eigenvalue weighted by Crippen LogP contribution is -2.52. The zero-order chi connectivity index (χ0) is 21.0. The Morgan fingerprint density at radius 2 is 1.52 bits per heavy atom. The molecule has 154 valence electrons. The number of halogens is 1. The van der Waals surface area contributed by atoms with Gasteiger partial charge in [-0.3, -0.25) is 9.59 Å². The summed E-state index contributed by atoms with van der Waals surface area (Å²) in [5.74, 6) is -0.540. The predicted octanol–water partition coefficient (Wildman–Crippen LogP) is 2.59. The molecule has 0 N–H and O–H groups in total. The second kappa shape index (κ2) is 8.94. The number of anilines is 3. The number of rotatable bonds is 5. The Kier molecular flexibility index (Phi) is 6.36. The molecule has 6 nitrogen and oxygen atoms in total. The lowest BCUT2D eigenvalue weighted by Gasteiger charge is -2.37. The third-order valence-corrected chi connectivity index (χ3v) is 5.18. The number of nitrogens with zero attached hydrogens (tertiary/aromatic N) is 4. The molecule has 2 amide bonds. The first kappa shape index (κ1) is 20.6. The summed E-state index contributed by atoms with van der Waals surface area (Å²) < 4.78 is 14.0. The molecule has 1 heterocycles. The van der Waals surface area contributed by atoms with Gasteiger partial charge in [0.1, 0.15) is 12.4 Å². The van der Waals surface area contributed by atoms with Crippen LogP contribution < -0.4 is 14.7 Å². The van der Waals surface area contributed by atoms with Gasteiger partial charge in [0.2, 0.25) is 11.8 Å². The first-order valence-corrected chi connectivity index (χ1v) is 9.69. The summed E-state index contributed by atoms with van der Waals surface area (Å²) >= 11 is 0. The number of amides is 2. The normalized spacial score (nSPS) is 13.9. The molecule has 0 unspecified atom stereocenters. The third-order valence-electron chi connectivity index (χ3n) is 5.18. The van der Waals surface area contributed by atoms with Crippen LogP contribution in [0.1, 0.15) is 6.92 Å². The van der Waals surface area contributed by atoms with Crippen LogP contribution in [0.15, 0.2) is 48.5 Å². The molecule has 1 aliphatic rings. The second-order valence-electron chi connectivity index (χ2n) is 7.34. The Morgan fingerprint density at radius 1 is 0.931 bits per heavy atom. The van der Waals surface area contributed by atoms with Crippen LogP contribution in [0.4, 0.5) is 21.5 Å². The maximum absolute atomic E-state index is 14.0. The molecule has 29 heavy (non-hydrogen) atoms. The standard InChI is InChI=1S/C22H27FN4O2/c1-17(28)27(19-10-8-18(9-11-19)24(2)3)16-22(29)26-14-12-25(13-15-26)21-7-5-4-6-20(21)23/h4-11H,12-16H2,1-3H3. The monoisotopic (exact) mass is 398 g/mol. The second-order valence-corrected chi connectivity index (χ2v) is 7.34. The van der Waals surface area contributed by atoms with Crippen LogP contribution in [0.5, 0.6) is 0 Å². The highest BCUT2D eigenvalue weighted by Gasteiger charge is 2.25. The Morgan fingerprint density at radius 3 is 2.07 bits per heavy atom. The molecular formula is C22H27FN4O2. The predicted molar refractivity (Wildman–Crippen MR) is 114 cm³/mol. The van der Waals surface area contributed by atoms with Gasteiger partial charge in [-0.25, -0.2) is 4.39 Å². The van der Waals surface area contributed by atoms with Gasteiger partial charge in [-0.05, 0) is 36.4 Å². The molecule has 3 rings (SSSR count). The summed E-state index contributed by atoms with van der Waals surface area (Å²) in [6, 6.07) is 14.2. The van der Waals surface area contributed by atoms with E-state index in [0.717, 1.165) is 5.69 Å². The third kappa shape index (κ3) is 4.85. The van der Waals surface area contributed by atoms with E-state index >= 15 is 0 Å². The number of carbonyl (C=O) groups excluding carboxylic acids is 2. The number of carbonyl (C=O) groups is 2. The fourth-order valence-electron chi connectivity index (χ4n) is 3.46. The molecule has 0 aliphatic carbocycles. The van der Waals surface area contributed by atoms with Gasteiger partial charge in [-0.15, -0.1) is 0 Å². The Bertz CT molecular complexity index is 861. The van der Waals surface area contributed by atoms with E-state index in [4.69, 9.17) is 0 Å². The Balaban J connectivity index is 1.62. The first-order chi connectivity index (χ1) is 13.9. The molecule has 0 radical (unpaired) electrons. The molecule has 0 spiro atoms. The minimum Gasteiger partial charge on any atom is -0.378 e.